The third-order valence-corrected chi connectivity index (χ3v) is 3.41. The predicted octanol–water partition coefficient (Wildman–Crippen LogP) is 0.307. The summed E-state index contributed by atoms with van der Waals surface area (Å²) in [6.45, 7) is 6.75. The van der Waals surface area contributed by atoms with Crippen molar-refractivity contribution in [2.45, 2.75) is 18.9 Å². The van der Waals surface area contributed by atoms with E-state index in [-0.39, 0.29) is 0 Å². The van der Waals surface area contributed by atoms with Gasteiger partial charge in [0.2, 0.25) is 0 Å². The van der Waals surface area contributed by atoms with Crippen molar-refractivity contribution in [3.63, 3.8) is 0 Å². The van der Waals surface area contributed by atoms with E-state index in [0.29, 0.717) is 6.54 Å². The summed E-state index contributed by atoms with van der Waals surface area (Å²) >= 11 is 0. The second kappa shape index (κ2) is 5.45. The van der Waals surface area contributed by atoms with Gasteiger partial charge in [-0.25, -0.2) is 0 Å². The topological polar surface area (TPSA) is 39.5 Å². The van der Waals surface area contributed by atoms with Crippen LogP contribution in [0.5, 0.6) is 0 Å². The fraction of sp³-hybridized carbons (Fsp3) is 0.909. The summed E-state index contributed by atoms with van der Waals surface area (Å²) in [6, 6.07) is 2.94. The van der Waals surface area contributed by atoms with Crippen molar-refractivity contribution in [2.75, 3.05) is 45.9 Å². The highest BCUT2D eigenvalue weighted by molar-refractivity contribution is 4.84. The van der Waals surface area contributed by atoms with Crippen molar-refractivity contribution in [1.29, 1.82) is 5.26 Å². The van der Waals surface area contributed by atoms with Gasteiger partial charge in [0.1, 0.15) is 0 Å². The van der Waals surface area contributed by atoms with Crippen molar-refractivity contribution in [1.82, 2.24) is 9.80 Å². The Kier molecular flexibility index (Phi) is 3.95. The number of rotatable bonds is 2. The number of hydrogen-bond acceptors (Lipinski definition) is 4. The predicted molar refractivity (Wildman–Crippen MR) is 57.5 cm³/mol. The van der Waals surface area contributed by atoms with Crippen LogP contribution in [0, 0.1) is 11.3 Å². The Labute approximate surface area is 91.4 Å². The first kappa shape index (κ1) is 10.9. The van der Waals surface area contributed by atoms with Crippen LogP contribution in [-0.4, -0.2) is 61.8 Å². The van der Waals surface area contributed by atoms with Gasteiger partial charge in [-0.05, 0) is 12.8 Å². The maximum Gasteiger partial charge on any atom is 0.0866 e. The number of nitrogens with zero attached hydrogens (tertiary/aromatic N) is 3. The summed E-state index contributed by atoms with van der Waals surface area (Å²) in [5, 5.41) is 8.61. The Balaban J connectivity index is 1.75. The zero-order chi connectivity index (χ0) is 10.5. The van der Waals surface area contributed by atoms with Crippen molar-refractivity contribution in [3.8, 4) is 6.07 Å². The van der Waals surface area contributed by atoms with Crippen LogP contribution in [0.1, 0.15) is 12.8 Å². The monoisotopic (exact) mass is 209 g/mol. The molecule has 0 aromatic heterocycles. The summed E-state index contributed by atoms with van der Waals surface area (Å²) < 4.78 is 5.37. The Morgan fingerprint density at radius 3 is 2.40 bits per heavy atom. The van der Waals surface area contributed by atoms with Gasteiger partial charge in [-0.3, -0.25) is 9.80 Å². The van der Waals surface area contributed by atoms with Crippen molar-refractivity contribution in [3.05, 3.63) is 0 Å². The minimum absolute atomic E-state index is 0.585. The molecule has 0 saturated carbocycles. The van der Waals surface area contributed by atoms with Gasteiger partial charge in [0, 0.05) is 45.4 Å². The van der Waals surface area contributed by atoms with E-state index in [1.165, 1.54) is 12.8 Å². The van der Waals surface area contributed by atoms with Crippen molar-refractivity contribution < 1.29 is 4.74 Å². The van der Waals surface area contributed by atoms with Crippen LogP contribution < -0.4 is 0 Å². The Hall–Kier alpha value is -0.630. The molecule has 0 unspecified atom stereocenters. The van der Waals surface area contributed by atoms with Gasteiger partial charge in [0.15, 0.2) is 0 Å². The smallest absolute Gasteiger partial charge is 0.0866 e. The Morgan fingerprint density at radius 2 is 1.80 bits per heavy atom. The van der Waals surface area contributed by atoms with Crippen molar-refractivity contribution >= 4 is 0 Å². The molecule has 4 heteroatoms. The minimum atomic E-state index is 0.585. The first-order valence-corrected chi connectivity index (χ1v) is 5.81. The van der Waals surface area contributed by atoms with Crippen LogP contribution in [0.25, 0.3) is 0 Å². The summed E-state index contributed by atoms with van der Waals surface area (Å²) in [4.78, 5) is 4.80. The van der Waals surface area contributed by atoms with E-state index in [0.717, 1.165) is 45.4 Å². The molecule has 84 valence electrons. The lowest BCUT2D eigenvalue weighted by Gasteiger charge is -2.39. The molecule has 2 aliphatic rings. The molecule has 0 spiro atoms. The molecule has 0 aliphatic carbocycles. The molecule has 0 aromatic carbocycles. The van der Waals surface area contributed by atoms with E-state index < -0.39 is 0 Å². The molecule has 2 heterocycles. The fourth-order valence-electron chi connectivity index (χ4n) is 2.44. The average molecular weight is 209 g/mol. The van der Waals surface area contributed by atoms with E-state index >= 15 is 0 Å². The van der Waals surface area contributed by atoms with Crippen LogP contribution in [0.4, 0.5) is 0 Å². The van der Waals surface area contributed by atoms with E-state index in [1.807, 2.05) is 0 Å². The lowest BCUT2D eigenvalue weighted by atomic mass is 10.1. The highest BCUT2D eigenvalue weighted by Gasteiger charge is 2.24. The normalized spacial score (nSPS) is 26.3. The fourth-order valence-corrected chi connectivity index (χ4v) is 2.44. The third-order valence-electron chi connectivity index (χ3n) is 3.41. The molecule has 0 N–H and O–H groups in total. The highest BCUT2D eigenvalue weighted by Crippen LogP contribution is 2.16. The Morgan fingerprint density at radius 1 is 1.13 bits per heavy atom. The molecule has 4 nitrogen and oxygen atoms in total. The molecule has 2 saturated heterocycles. The van der Waals surface area contributed by atoms with Crippen LogP contribution in [0.2, 0.25) is 0 Å². The van der Waals surface area contributed by atoms with Crippen LogP contribution in [-0.2, 0) is 4.74 Å². The molecule has 0 amide bonds. The number of hydrogen-bond donors (Lipinski definition) is 0. The van der Waals surface area contributed by atoms with Crippen LogP contribution in [0.15, 0.2) is 0 Å². The molecule has 2 aliphatic heterocycles. The lowest BCUT2D eigenvalue weighted by Crippen LogP contribution is -2.51. The average Bonchev–Trinajstić information content (AvgIpc) is 2.32. The second-order valence-corrected chi connectivity index (χ2v) is 4.31. The zero-order valence-electron chi connectivity index (χ0n) is 9.19. The summed E-state index contributed by atoms with van der Waals surface area (Å²) in [5.41, 5.74) is 0. The van der Waals surface area contributed by atoms with Gasteiger partial charge < -0.3 is 4.74 Å². The highest BCUT2D eigenvalue weighted by atomic mass is 16.5. The molecular formula is C11H19N3O. The first-order valence-electron chi connectivity index (χ1n) is 5.81. The third kappa shape index (κ3) is 2.91. The van der Waals surface area contributed by atoms with Crippen LogP contribution >= 0.6 is 0 Å². The standard InChI is InChI=1S/C11H19N3O/c12-3-4-13-5-7-14(8-6-13)11-1-9-15-10-2-11/h11H,1-2,4-10H2. The molecule has 15 heavy (non-hydrogen) atoms. The van der Waals surface area contributed by atoms with E-state index in [1.54, 1.807) is 0 Å². The quantitative estimate of drug-likeness (QED) is 0.614. The minimum Gasteiger partial charge on any atom is -0.381 e. The zero-order valence-corrected chi connectivity index (χ0v) is 9.19. The van der Waals surface area contributed by atoms with Gasteiger partial charge in [0.25, 0.3) is 0 Å². The second-order valence-electron chi connectivity index (χ2n) is 4.31. The van der Waals surface area contributed by atoms with E-state index in [9.17, 15) is 0 Å². The maximum atomic E-state index is 8.61. The van der Waals surface area contributed by atoms with Gasteiger partial charge >= 0.3 is 0 Å². The number of ether oxygens (including phenoxy) is 1. The Bertz CT molecular complexity index is 224. The molecule has 0 radical (unpaired) electrons. The summed E-state index contributed by atoms with van der Waals surface area (Å²) in [6.07, 6.45) is 2.36. The first-order chi connectivity index (χ1) is 7.40. The summed E-state index contributed by atoms with van der Waals surface area (Å²) in [5.74, 6) is 0. The molecule has 0 bridgehead atoms. The van der Waals surface area contributed by atoms with Gasteiger partial charge in [-0.1, -0.05) is 0 Å². The SMILES string of the molecule is N#CCN1CCN(C2CCOCC2)CC1. The van der Waals surface area contributed by atoms with Gasteiger partial charge in [0.05, 0.1) is 12.6 Å². The molecule has 0 atom stereocenters. The molecule has 2 rings (SSSR count). The number of piperazine rings is 1. The van der Waals surface area contributed by atoms with Gasteiger partial charge in [-0.15, -0.1) is 0 Å². The molecule has 0 aromatic rings. The van der Waals surface area contributed by atoms with Crippen molar-refractivity contribution in [2.24, 2.45) is 0 Å². The lowest BCUT2D eigenvalue weighted by molar-refractivity contribution is 0.0156. The number of nitriles is 1. The largest absolute Gasteiger partial charge is 0.381 e. The molecular weight excluding hydrogens is 190 g/mol. The van der Waals surface area contributed by atoms with E-state index in [2.05, 4.69) is 15.9 Å². The van der Waals surface area contributed by atoms with Gasteiger partial charge in [-0.2, -0.15) is 5.26 Å². The maximum absolute atomic E-state index is 8.61. The molecule has 2 fully saturated rings. The summed E-state index contributed by atoms with van der Waals surface area (Å²) in [7, 11) is 0. The van der Waals surface area contributed by atoms with Crippen LogP contribution in [0.3, 0.4) is 0 Å². The van der Waals surface area contributed by atoms with E-state index in [4.69, 9.17) is 10.00 Å².